The lowest BCUT2D eigenvalue weighted by Crippen LogP contribution is -2.37. The van der Waals surface area contributed by atoms with Crippen LogP contribution >= 0.6 is 0 Å². The van der Waals surface area contributed by atoms with Gasteiger partial charge in [-0.25, -0.2) is 0 Å². The molecule has 0 radical (unpaired) electrons. The second-order valence-electron chi connectivity index (χ2n) is 5.88. The van der Waals surface area contributed by atoms with Gasteiger partial charge in [-0.05, 0) is 25.5 Å². The van der Waals surface area contributed by atoms with Crippen molar-refractivity contribution in [2.24, 2.45) is 0 Å². The summed E-state index contributed by atoms with van der Waals surface area (Å²) in [4.78, 5) is 6.52. The van der Waals surface area contributed by atoms with E-state index in [9.17, 15) is 10.2 Å². The molecular weight excluding hydrogens is 278 g/mol. The highest BCUT2D eigenvalue weighted by Gasteiger charge is 2.27. The van der Waals surface area contributed by atoms with Crippen LogP contribution in [-0.4, -0.2) is 31.2 Å². The standard InChI is InChI=1S/C17H23N3O2/c1-3-15-16-5-4-6-19(16)7-8-20(15)10-14-13(11-21)9-18-12(2)17(14)22/h4-6,9,15,21-22H,3,7-8,10-11H2,1-2H3/t15-/m1/s1. The molecule has 1 atom stereocenters. The third kappa shape index (κ3) is 2.51. The zero-order chi connectivity index (χ0) is 15.7. The molecule has 2 aromatic rings. The summed E-state index contributed by atoms with van der Waals surface area (Å²) in [5.41, 5.74) is 3.44. The van der Waals surface area contributed by atoms with E-state index >= 15 is 0 Å². The van der Waals surface area contributed by atoms with Gasteiger partial charge in [0.1, 0.15) is 5.75 Å². The molecule has 0 aliphatic carbocycles. The summed E-state index contributed by atoms with van der Waals surface area (Å²) >= 11 is 0. The summed E-state index contributed by atoms with van der Waals surface area (Å²) in [7, 11) is 0. The number of aromatic nitrogens is 2. The zero-order valence-corrected chi connectivity index (χ0v) is 13.2. The topological polar surface area (TPSA) is 61.5 Å². The first-order valence-electron chi connectivity index (χ1n) is 7.82. The number of nitrogens with zero attached hydrogens (tertiary/aromatic N) is 3. The number of pyridine rings is 1. The summed E-state index contributed by atoms with van der Waals surface area (Å²) < 4.78 is 2.30. The summed E-state index contributed by atoms with van der Waals surface area (Å²) in [5, 5.41) is 19.9. The van der Waals surface area contributed by atoms with Gasteiger partial charge in [-0.2, -0.15) is 0 Å². The van der Waals surface area contributed by atoms with Gasteiger partial charge in [0.15, 0.2) is 0 Å². The van der Waals surface area contributed by atoms with Crippen LogP contribution in [0, 0.1) is 6.92 Å². The van der Waals surface area contributed by atoms with Crippen LogP contribution in [-0.2, 0) is 19.7 Å². The van der Waals surface area contributed by atoms with Gasteiger partial charge >= 0.3 is 0 Å². The van der Waals surface area contributed by atoms with Gasteiger partial charge in [0.25, 0.3) is 0 Å². The number of rotatable bonds is 4. The maximum Gasteiger partial charge on any atom is 0.141 e. The van der Waals surface area contributed by atoms with E-state index in [0.717, 1.165) is 25.1 Å². The van der Waals surface area contributed by atoms with E-state index in [1.165, 1.54) is 5.69 Å². The lowest BCUT2D eigenvalue weighted by molar-refractivity contribution is 0.141. The minimum Gasteiger partial charge on any atom is -0.506 e. The van der Waals surface area contributed by atoms with Gasteiger partial charge in [0.2, 0.25) is 0 Å². The number of aryl methyl sites for hydroxylation is 1. The molecule has 1 aliphatic rings. The average molecular weight is 301 g/mol. The fraction of sp³-hybridized carbons (Fsp3) is 0.471. The van der Waals surface area contributed by atoms with Crippen LogP contribution < -0.4 is 0 Å². The summed E-state index contributed by atoms with van der Waals surface area (Å²) in [6.45, 7) is 6.40. The van der Waals surface area contributed by atoms with E-state index in [1.807, 2.05) is 0 Å². The maximum atomic E-state index is 10.3. The Morgan fingerprint density at radius 2 is 2.18 bits per heavy atom. The van der Waals surface area contributed by atoms with Crippen molar-refractivity contribution in [1.82, 2.24) is 14.5 Å². The smallest absolute Gasteiger partial charge is 0.141 e. The number of hydrogen-bond acceptors (Lipinski definition) is 4. The van der Waals surface area contributed by atoms with Crippen LogP contribution in [0.3, 0.4) is 0 Å². The van der Waals surface area contributed by atoms with Crippen molar-refractivity contribution in [1.29, 1.82) is 0 Å². The fourth-order valence-corrected chi connectivity index (χ4v) is 3.37. The first kappa shape index (κ1) is 15.1. The molecule has 0 bridgehead atoms. The molecule has 2 N–H and O–H groups in total. The molecular formula is C17H23N3O2. The molecule has 0 spiro atoms. The Kier molecular flexibility index (Phi) is 4.18. The Bertz CT molecular complexity index is 666. The SMILES string of the molecule is CC[C@@H]1c2cccn2CCN1Cc1c(CO)cnc(C)c1O. The first-order valence-corrected chi connectivity index (χ1v) is 7.82. The van der Waals surface area contributed by atoms with Gasteiger partial charge in [0.05, 0.1) is 18.3 Å². The normalized spacial score (nSPS) is 18.4. The van der Waals surface area contributed by atoms with Crippen LogP contribution in [0.25, 0.3) is 0 Å². The van der Waals surface area contributed by atoms with Crippen molar-refractivity contribution in [3.05, 3.63) is 47.0 Å². The third-order valence-electron chi connectivity index (χ3n) is 4.62. The van der Waals surface area contributed by atoms with Gasteiger partial charge in [-0.3, -0.25) is 9.88 Å². The van der Waals surface area contributed by atoms with Crippen molar-refractivity contribution >= 4 is 0 Å². The van der Waals surface area contributed by atoms with Crippen LogP contribution in [0.2, 0.25) is 0 Å². The van der Waals surface area contributed by atoms with E-state index in [0.29, 0.717) is 23.8 Å². The molecule has 22 heavy (non-hydrogen) atoms. The monoisotopic (exact) mass is 301 g/mol. The van der Waals surface area contributed by atoms with Crippen molar-refractivity contribution in [2.45, 2.75) is 46.0 Å². The fourth-order valence-electron chi connectivity index (χ4n) is 3.37. The highest BCUT2D eigenvalue weighted by Crippen LogP contribution is 2.33. The summed E-state index contributed by atoms with van der Waals surface area (Å²) in [6, 6.07) is 4.60. The maximum absolute atomic E-state index is 10.3. The summed E-state index contributed by atoms with van der Waals surface area (Å²) in [6.07, 6.45) is 4.81. The van der Waals surface area contributed by atoms with Gasteiger partial charge in [0, 0.05) is 48.8 Å². The van der Waals surface area contributed by atoms with E-state index in [-0.39, 0.29) is 12.4 Å². The molecule has 2 aromatic heterocycles. The second kappa shape index (κ2) is 6.10. The Balaban J connectivity index is 1.92. The van der Waals surface area contributed by atoms with Crippen LogP contribution in [0.5, 0.6) is 5.75 Å². The molecule has 0 amide bonds. The number of hydrogen-bond donors (Lipinski definition) is 2. The highest BCUT2D eigenvalue weighted by molar-refractivity contribution is 5.40. The van der Waals surface area contributed by atoms with Gasteiger partial charge in [-0.1, -0.05) is 6.92 Å². The van der Waals surface area contributed by atoms with Crippen molar-refractivity contribution in [3.8, 4) is 5.75 Å². The molecule has 1 aliphatic heterocycles. The number of aromatic hydroxyl groups is 1. The Hall–Kier alpha value is -1.85. The molecule has 3 heterocycles. The lowest BCUT2D eigenvalue weighted by Gasteiger charge is -2.37. The predicted octanol–water partition coefficient (Wildman–Crippen LogP) is 2.36. The minimum absolute atomic E-state index is 0.100. The molecule has 0 saturated heterocycles. The molecule has 118 valence electrons. The van der Waals surface area contributed by atoms with Crippen LogP contribution in [0.4, 0.5) is 0 Å². The zero-order valence-electron chi connectivity index (χ0n) is 13.2. The van der Waals surface area contributed by atoms with Crippen LogP contribution in [0.1, 0.15) is 41.9 Å². The van der Waals surface area contributed by atoms with Crippen LogP contribution in [0.15, 0.2) is 24.5 Å². The Morgan fingerprint density at radius 3 is 2.91 bits per heavy atom. The lowest BCUT2D eigenvalue weighted by atomic mass is 10.0. The predicted molar refractivity (Wildman–Crippen MR) is 84.4 cm³/mol. The molecule has 0 aromatic carbocycles. The molecule has 5 heteroatoms. The van der Waals surface area contributed by atoms with Gasteiger partial charge < -0.3 is 14.8 Å². The van der Waals surface area contributed by atoms with Crippen molar-refractivity contribution < 1.29 is 10.2 Å². The van der Waals surface area contributed by atoms with Crippen molar-refractivity contribution in [3.63, 3.8) is 0 Å². The molecule has 0 fully saturated rings. The van der Waals surface area contributed by atoms with E-state index in [1.54, 1.807) is 13.1 Å². The molecule has 0 unspecified atom stereocenters. The largest absolute Gasteiger partial charge is 0.506 e. The molecule has 5 nitrogen and oxygen atoms in total. The van der Waals surface area contributed by atoms with E-state index in [4.69, 9.17) is 0 Å². The number of aliphatic hydroxyl groups is 1. The Labute approximate surface area is 130 Å². The van der Waals surface area contributed by atoms with E-state index in [2.05, 4.69) is 39.7 Å². The molecule has 0 saturated carbocycles. The number of fused-ring (bicyclic) bond motifs is 1. The quantitative estimate of drug-likeness (QED) is 0.910. The summed E-state index contributed by atoms with van der Waals surface area (Å²) in [5.74, 6) is 0.211. The molecule has 3 rings (SSSR count). The first-order chi connectivity index (χ1) is 10.7. The van der Waals surface area contributed by atoms with Crippen molar-refractivity contribution in [2.75, 3.05) is 6.54 Å². The van der Waals surface area contributed by atoms with E-state index < -0.39 is 0 Å². The van der Waals surface area contributed by atoms with Gasteiger partial charge in [-0.15, -0.1) is 0 Å². The Morgan fingerprint density at radius 1 is 1.36 bits per heavy atom. The average Bonchev–Trinajstić information content (AvgIpc) is 3.00. The highest BCUT2D eigenvalue weighted by atomic mass is 16.3. The number of aliphatic hydroxyl groups excluding tert-OH is 1. The minimum atomic E-state index is -0.100. The third-order valence-corrected chi connectivity index (χ3v) is 4.62. The second-order valence-corrected chi connectivity index (χ2v) is 5.88.